The Morgan fingerprint density at radius 2 is 1.96 bits per heavy atom. The largest absolute Gasteiger partial charge is 0.455 e. The molecule has 0 aliphatic rings. The second-order valence-corrected chi connectivity index (χ2v) is 6.49. The number of nitrogens with one attached hydrogen (secondary N) is 1. The Labute approximate surface area is 165 Å². The van der Waals surface area contributed by atoms with Crippen molar-refractivity contribution in [3.63, 3.8) is 0 Å². The number of carbonyl (C=O) groups excluding carboxylic acids is 1. The van der Waals surface area contributed by atoms with Crippen LogP contribution < -0.4 is 5.43 Å². The number of nitro benzene ring substituents is 1. The van der Waals surface area contributed by atoms with Gasteiger partial charge in [0.1, 0.15) is 11.5 Å². The topological polar surface area (TPSA) is 97.7 Å². The summed E-state index contributed by atoms with van der Waals surface area (Å²) in [6.45, 7) is 1.96. The zero-order valence-corrected chi connectivity index (χ0v) is 15.6. The first kappa shape index (κ1) is 19.3. The van der Waals surface area contributed by atoms with Gasteiger partial charge < -0.3 is 4.42 Å². The smallest absolute Gasteiger partial charge is 0.269 e. The molecule has 0 atom stereocenters. The van der Waals surface area contributed by atoms with Crippen LogP contribution in [0.1, 0.15) is 16.9 Å². The number of nitro groups is 1. The molecule has 1 N–H and O–H groups in total. The van der Waals surface area contributed by atoms with Gasteiger partial charge in [0, 0.05) is 22.7 Å². The summed E-state index contributed by atoms with van der Waals surface area (Å²) < 4.78 is 5.72. The standard InChI is InChI=1S/C20H16ClN3O4/c1-13-2-5-15(21)11-18(13)19-9-8-17(28-19)12-22-23-20(25)10-14-3-6-16(7-4-14)24(26)27/h2-9,11-12H,10H2,1H3,(H,23,25)/b22-12-. The molecule has 1 heterocycles. The third kappa shape index (κ3) is 4.83. The Morgan fingerprint density at radius 1 is 1.21 bits per heavy atom. The third-order valence-electron chi connectivity index (χ3n) is 3.98. The zero-order valence-electron chi connectivity index (χ0n) is 14.9. The van der Waals surface area contributed by atoms with Gasteiger partial charge >= 0.3 is 0 Å². The van der Waals surface area contributed by atoms with Crippen molar-refractivity contribution in [2.75, 3.05) is 0 Å². The molecule has 0 unspecified atom stereocenters. The Morgan fingerprint density at radius 3 is 2.68 bits per heavy atom. The molecule has 2 aromatic carbocycles. The SMILES string of the molecule is Cc1ccc(Cl)cc1-c1ccc(/C=N\NC(=O)Cc2ccc([N+](=O)[O-])cc2)o1. The van der Waals surface area contributed by atoms with Gasteiger partial charge in [0.15, 0.2) is 0 Å². The van der Waals surface area contributed by atoms with Gasteiger partial charge in [-0.2, -0.15) is 5.10 Å². The number of halogens is 1. The molecule has 142 valence electrons. The molecule has 1 amide bonds. The predicted molar refractivity (Wildman–Crippen MR) is 106 cm³/mol. The molecule has 3 aromatic rings. The fraction of sp³-hybridized carbons (Fsp3) is 0.100. The third-order valence-corrected chi connectivity index (χ3v) is 4.22. The summed E-state index contributed by atoms with van der Waals surface area (Å²) in [5.74, 6) is 0.784. The number of hydrogen-bond acceptors (Lipinski definition) is 5. The molecule has 1 aromatic heterocycles. The number of carbonyl (C=O) groups is 1. The molecule has 0 aliphatic heterocycles. The van der Waals surface area contributed by atoms with Gasteiger partial charge in [0.2, 0.25) is 5.91 Å². The van der Waals surface area contributed by atoms with E-state index in [9.17, 15) is 14.9 Å². The minimum absolute atomic E-state index is 0.0225. The van der Waals surface area contributed by atoms with Gasteiger partial charge in [-0.3, -0.25) is 14.9 Å². The average molecular weight is 398 g/mol. The number of aryl methyl sites for hydroxylation is 1. The number of nitrogens with zero attached hydrogens (tertiary/aromatic N) is 2. The number of non-ortho nitro benzene ring substituents is 1. The molecule has 0 saturated carbocycles. The highest BCUT2D eigenvalue weighted by Crippen LogP contribution is 2.27. The summed E-state index contributed by atoms with van der Waals surface area (Å²) in [5.41, 5.74) is 4.94. The van der Waals surface area contributed by atoms with Gasteiger partial charge in [0.25, 0.3) is 5.69 Å². The zero-order chi connectivity index (χ0) is 20.1. The van der Waals surface area contributed by atoms with E-state index in [1.165, 1.54) is 30.5 Å². The van der Waals surface area contributed by atoms with Gasteiger partial charge in [-0.1, -0.05) is 29.8 Å². The highest BCUT2D eigenvalue weighted by Gasteiger charge is 2.09. The van der Waals surface area contributed by atoms with E-state index in [0.29, 0.717) is 22.1 Å². The summed E-state index contributed by atoms with van der Waals surface area (Å²) in [7, 11) is 0. The molecule has 0 aliphatic carbocycles. The van der Waals surface area contributed by atoms with Crippen molar-refractivity contribution in [1.82, 2.24) is 5.43 Å². The Kier molecular flexibility index (Phi) is 5.86. The van der Waals surface area contributed by atoms with E-state index in [0.717, 1.165) is 11.1 Å². The van der Waals surface area contributed by atoms with Crippen LogP contribution >= 0.6 is 11.6 Å². The summed E-state index contributed by atoms with van der Waals surface area (Å²) >= 11 is 6.03. The van der Waals surface area contributed by atoms with E-state index in [-0.39, 0.29) is 18.0 Å². The average Bonchev–Trinajstić information content (AvgIpc) is 3.13. The van der Waals surface area contributed by atoms with Crippen LogP contribution in [0.4, 0.5) is 5.69 Å². The van der Waals surface area contributed by atoms with Crippen LogP contribution in [0.15, 0.2) is 64.1 Å². The van der Waals surface area contributed by atoms with Crippen LogP contribution in [0.2, 0.25) is 5.02 Å². The lowest BCUT2D eigenvalue weighted by Crippen LogP contribution is -2.19. The molecular weight excluding hydrogens is 382 g/mol. The highest BCUT2D eigenvalue weighted by atomic mass is 35.5. The summed E-state index contributed by atoms with van der Waals surface area (Å²) in [5, 5.41) is 15.1. The van der Waals surface area contributed by atoms with Gasteiger partial charge in [-0.15, -0.1) is 0 Å². The van der Waals surface area contributed by atoms with E-state index in [4.69, 9.17) is 16.0 Å². The first-order valence-electron chi connectivity index (χ1n) is 8.34. The van der Waals surface area contributed by atoms with E-state index in [1.54, 1.807) is 12.1 Å². The monoisotopic (exact) mass is 397 g/mol. The van der Waals surface area contributed by atoms with Crippen LogP contribution in [0.25, 0.3) is 11.3 Å². The van der Waals surface area contributed by atoms with Gasteiger partial charge in [-0.25, -0.2) is 5.43 Å². The van der Waals surface area contributed by atoms with E-state index >= 15 is 0 Å². The Balaban J connectivity index is 1.59. The highest BCUT2D eigenvalue weighted by molar-refractivity contribution is 6.30. The van der Waals surface area contributed by atoms with Crippen molar-refractivity contribution in [2.45, 2.75) is 13.3 Å². The summed E-state index contributed by atoms with van der Waals surface area (Å²) in [4.78, 5) is 22.1. The van der Waals surface area contributed by atoms with E-state index in [1.807, 2.05) is 25.1 Å². The van der Waals surface area contributed by atoms with Crippen LogP contribution in [-0.4, -0.2) is 17.0 Å². The maximum Gasteiger partial charge on any atom is 0.269 e. The molecule has 0 spiro atoms. The second kappa shape index (κ2) is 8.49. The molecule has 28 heavy (non-hydrogen) atoms. The normalized spacial score (nSPS) is 10.9. The lowest BCUT2D eigenvalue weighted by molar-refractivity contribution is -0.384. The molecule has 0 bridgehead atoms. The molecule has 7 nitrogen and oxygen atoms in total. The number of hydrogen-bond donors (Lipinski definition) is 1. The van der Waals surface area contributed by atoms with Crippen LogP contribution in [0.5, 0.6) is 0 Å². The van der Waals surface area contributed by atoms with Crippen molar-refractivity contribution in [3.8, 4) is 11.3 Å². The number of benzene rings is 2. The molecule has 8 heteroatoms. The lowest BCUT2D eigenvalue weighted by atomic mass is 10.1. The van der Waals surface area contributed by atoms with Crippen molar-refractivity contribution < 1.29 is 14.1 Å². The number of furan rings is 1. The Bertz CT molecular complexity index is 1040. The van der Waals surface area contributed by atoms with Crippen LogP contribution in [0, 0.1) is 17.0 Å². The van der Waals surface area contributed by atoms with Crippen molar-refractivity contribution in [2.24, 2.45) is 5.10 Å². The van der Waals surface area contributed by atoms with Crippen LogP contribution in [0.3, 0.4) is 0 Å². The first-order chi connectivity index (χ1) is 13.4. The summed E-state index contributed by atoms with van der Waals surface area (Å²) in [6, 6.07) is 14.9. The second-order valence-electron chi connectivity index (χ2n) is 6.05. The summed E-state index contributed by atoms with van der Waals surface area (Å²) in [6.07, 6.45) is 1.46. The van der Waals surface area contributed by atoms with Crippen LogP contribution in [-0.2, 0) is 11.2 Å². The number of amides is 1. The number of hydrazone groups is 1. The molecule has 0 saturated heterocycles. The van der Waals surface area contributed by atoms with Gasteiger partial charge in [0.05, 0.1) is 17.6 Å². The minimum atomic E-state index is -0.489. The van der Waals surface area contributed by atoms with E-state index < -0.39 is 4.92 Å². The van der Waals surface area contributed by atoms with Gasteiger partial charge in [-0.05, 0) is 42.3 Å². The fourth-order valence-corrected chi connectivity index (χ4v) is 2.73. The lowest BCUT2D eigenvalue weighted by Gasteiger charge is -2.02. The van der Waals surface area contributed by atoms with Crippen molar-refractivity contribution in [3.05, 3.63) is 86.6 Å². The quantitative estimate of drug-likeness (QED) is 0.376. The fourth-order valence-electron chi connectivity index (χ4n) is 2.55. The maximum atomic E-state index is 11.9. The molecule has 0 radical (unpaired) electrons. The minimum Gasteiger partial charge on any atom is -0.455 e. The molecule has 0 fully saturated rings. The molecular formula is C20H16ClN3O4. The van der Waals surface area contributed by atoms with Crippen molar-refractivity contribution >= 4 is 29.4 Å². The Hall–Kier alpha value is -3.45. The predicted octanol–water partition coefficient (Wildman–Crippen LogP) is 4.51. The maximum absolute atomic E-state index is 11.9. The molecule has 3 rings (SSSR count). The number of rotatable bonds is 6. The first-order valence-corrected chi connectivity index (χ1v) is 8.72. The van der Waals surface area contributed by atoms with Crippen molar-refractivity contribution in [1.29, 1.82) is 0 Å². The van der Waals surface area contributed by atoms with E-state index in [2.05, 4.69) is 10.5 Å².